The van der Waals surface area contributed by atoms with Crippen LogP contribution in [0.2, 0.25) is 0 Å². The van der Waals surface area contributed by atoms with E-state index in [4.69, 9.17) is 0 Å². The number of benzene rings is 2. The van der Waals surface area contributed by atoms with Gasteiger partial charge < -0.3 is 5.32 Å². The van der Waals surface area contributed by atoms with Crippen molar-refractivity contribution in [3.63, 3.8) is 0 Å². The van der Waals surface area contributed by atoms with Crippen LogP contribution in [0, 0.1) is 6.92 Å². The summed E-state index contributed by atoms with van der Waals surface area (Å²) >= 11 is 2.84. The number of fused-ring (bicyclic) bond motifs is 1. The summed E-state index contributed by atoms with van der Waals surface area (Å²) in [7, 11) is 0. The van der Waals surface area contributed by atoms with E-state index in [9.17, 15) is 4.79 Å². The molecule has 1 N–H and O–H groups in total. The predicted molar refractivity (Wildman–Crippen MR) is 99.9 cm³/mol. The van der Waals surface area contributed by atoms with Crippen LogP contribution in [0.25, 0.3) is 21.3 Å². The molecule has 4 nitrogen and oxygen atoms in total. The predicted octanol–water partition coefficient (Wildman–Crippen LogP) is 4.98. The fourth-order valence-corrected chi connectivity index (χ4v) is 4.16. The van der Waals surface area contributed by atoms with E-state index in [1.54, 1.807) is 0 Å². The van der Waals surface area contributed by atoms with Crippen LogP contribution in [-0.2, 0) is 0 Å². The topological polar surface area (TPSA) is 54.9 Å². The molecular weight excluding hydrogens is 338 g/mol. The number of thiophene rings is 1. The van der Waals surface area contributed by atoms with Gasteiger partial charge in [-0.25, -0.2) is 0 Å². The van der Waals surface area contributed by atoms with Crippen LogP contribution >= 0.6 is 22.9 Å². The molecule has 6 heteroatoms. The van der Waals surface area contributed by atoms with Crippen molar-refractivity contribution in [3.8, 4) is 11.3 Å². The average molecular weight is 351 g/mol. The van der Waals surface area contributed by atoms with Gasteiger partial charge in [0.15, 0.2) is 0 Å². The number of aryl methyl sites for hydroxylation is 1. The Hall–Kier alpha value is -2.57. The van der Waals surface area contributed by atoms with Crippen LogP contribution in [0.3, 0.4) is 0 Å². The molecule has 0 aliphatic heterocycles. The third-order valence-electron chi connectivity index (χ3n) is 3.85. The van der Waals surface area contributed by atoms with Crippen molar-refractivity contribution in [1.29, 1.82) is 0 Å². The lowest BCUT2D eigenvalue weighted by Gasteiger charge is -2.05. The first-order valence-electron chi connectivity index (χ1n) is 7.39. The molecule has 24 heavy (non-hydrogen) atoms. The zero-order valence-corrected chi connectivity index (χ0v) is 14.4. The summed E-state index contributed by atoms with van der Waals surface area (Å²) in [5, 5.41) is 10.0. The van der Waals surface area contributed by atoms with Gasteiger partial charge in [0.05, 0.1) is 4.88 Å². The van der Waals surface area contributed by atoms with Crippen molar-refractivity contribution in [3.05, 3.63) is 64.4 Å². The molecule has 0 spiro atoms. The number of rotatable bonds is 3. The lowest BCUT2D eigenvalue weighted by molar-refractivity contribution is 0.103. The SMILES string of the molecule is Cc1c(C(=O)Nc2ccc(-c3csnn3)cc2)sc2ccccc12. The molecular formula is C18H13N3OS2. The zero-order chi connectivity index (χ0) is 16.5. The number of nitrogens with one attached hydrogen (secondary N) is 1. The summed E-state index contributed by atoms with van der Waals surface area (Å²) in [5.41, 5.74) is 3.63. The van der Waals surface area contributed by atoms with Crippen molar-refractivity contribution in [1.82, 2.24) is 9.59 Å². The number of carbonyl (C=O) groups excluding carboxylic acids is 1. The summed E-state index contributed by atoms with van der Waals surface area (Å²) in [4.78, 5) is 13.4. The van der Waals surface area contributed by atoms with Gasteiger partial charge in [0.2, 0.25) is 0 Å². The Balaban J connectivity index is 1.58. The van der Waals surface area contributed by atoms with Gasteiger partial charge in [0.1, 0.15) is 5.69 Å². The molecule has 0 radical (unpaired) electrons. The van der Waals surface area contributed by atoms with Crippen molar-refractivity contribution in [2.45, 2.75) is 6.92 Å². The van der Waals surface area contributed by atoms with E-state index in [0.29, 0.717) is 0 Å². The lowest BCUT2D eigenvalue weighted by atomic mass is 10.1. The van der Waals surface area contributed by atoms with E-state index in [1.165, 1.54) is 22.9 Å². The Morgan fingerprint density at radius 1 is 1.08 bits per heavy atom. The molecule has 4 rings (SSSR count). The number of amides is 1. The minimum absolute atomic E-state index is 0.0724. The third kappa shape index (κ3) is 2.70. The van der Waals surface area contributed by atoms with Gasteiger partial charge in [-0.2, -0.15) is 0 Å². The molecule has 0 bridgehead atoms. The van der Waals surface area contributed by atoms with Gasteiger partial charge in [-0.3, -0.25) is 4.79 Å². The third-order valence-corrected chi connectivity index (χ3v) is 5.62. The Labute approximate surface area is 146 Å². The van der Waals surface area contributed by atoms with Gasteiger partial charge in [0.25, 0.3) is 5.91 Å². The van der Waals surface area contributed by atoms with Crippen LogP contribution in [0.5, 0.6) is 0 Å². The highest BCUT2D eigenvalue weighted by Gasteiger charge is 2.15. The molecule has 1 amide bonds. The Bertz CT molecular complexity index is 1000. The minimum atomic E-state index is -0.0724. The summed E-state index contributed by atoms with van der Waals surface area (Å²) in [6, 6.07) is 15.7. The largest absolute Gasteiger partial charge is 0.321 e. The first kappa shape index (κ1) is 15.0. The average Bonchev–Trinajstić information content (AvgIpc) is 3.24. The molecule has 0 aliphatic carbocycles. The van der Waals surface area contributed by atoms with E-state index < -0.39 is 0 Å². The standard InChI is InChI=1S/C18H13N3OS2/c1-11-14-4-2-3-5-16(14)24-17(11)18(22)19-13-8-6-12(7-9-13)15-10-23-21-20-15/h2-10H,1H3,(H,19,22). The second kappa shape index (κ2) is 6.14. The molecule has 0 fully saturated rings. The zero-order valence-electron chi connectivity index (χ0n) is 12.8. The van der Waals surface area contributed by atoms with Crippen LogP contribution in [0.15, 0.2) is 53.9 Å². The lowest BCUT2D eigenvalue weighted by Crippen LogP contribution is -2.11. The van der Waals surface area contributed by atoms with Crippen LogP contribution in [-0.4, -0.2) is 15.5 Å². The Morgan fingerprint density at radius 2 is 1.88 bits per heavy atom. The number of nitrogens with zero attached hydrogens (tertiary/aromatic N) is 2. The number of carbonyl (C=O) groups is 1. The number of hydrogen-bond donors (Lipinski definition) is 1. The first-order valence-corrected chi connectivity index (χ1v) is 9.04. The maximum absolute atomic E-state index is 12.6. The molecule has 0 atom stereocenters. The van der Waals surface area contributed by atoms with Crippen LogP contribution in [0.4, 0.5) is 5.69 Å². The van der Waals surface area contributed by atoms with Crippen molar-refractivity contribution in [2.24, 2.45) is 0 Å². The fraction of sp³-hybridized carbons (Fsp3) is 0.0556. The normalized spacial score (nSPS) is 10.9. The van der Waals surface area contributed by atoms with Crippen LogP contribution < -0.4 is 5.32 Å². The molecule has 118 valence electrons. The maximum Gasteiger partial charge on any atom is 0.266 e. The van der Waals surface area contributed by atoms with Gasteiger partial charge in [0, 0.05) is 21.3 Å². The molecule has 0 saturated heterocycles. The minimum Gasteiger partial charge on any atom is -0.321 e. The number of aromatic nitrogens is 2. The van der Waals surface area contributed by atoms with E-state index >= 15 is 0 Å². The molecule has 2 aromatic heterocycles. The molecule has 0 saturated carbocycles. The summed E-state index contributed by atoms with van der Waals surface area (Å²) < 4.78 is 4.99. The molecule has 0 unspecified atom stereocenters. The first-order chi connectivity index (χ1) is 11.7. The monoisotopic (exact) mass is 351 g/mol. The van der Waals surface area contributed by atoms with Gasteiger partial charge in [-0.1, -0.05) is 34.8 Å². The molecule has 4 aromatic rings. The smallest absolute Gasteiger partial charge is 0.266 e. The Morgan fingerprint density at radius 3 is 2.58 bits per heavy atom. The number of anilines is 1. The fourth-order valence-electron chi connectivity index (χ4n) is 2.59. The van der Waals surface area contributed by atoms with Gasteiger partial charge >= 0.3 is 0 Å². The highest BCUT2D eigenvalue weighted by molar-refractivity contribution is 7.21. The molecule has 2 heterocycles. The van der Waals surface area contributed by atoms with E-state index in [2.05, 4.69) is 21.0 Å². The van der Waals surface area contributed by atoms with Gasteiger partial charge in [-0.15, -0.1) is 16.4 Å². The van der Waals surface area contributed by atoms with Crippen molar-refractivity contribution < 1.29 is 4.79 Å². The van der Waals surface area contributed by atoms with Crippen molar-refractivity contribution >= 4 is 44.5 Å². The van der Waals surface area contributed by atoms with E-state index in [1.807, 2.05) is 54.8 Å². The quantitative estimate of drug-likeness (QED) is 0.566. The summed E-state index contributed by atoms with van der Waals surface area (Å²) in [6.07, 6.45) is 0. The van der Waals surface area contributed by atoms with Crippen molar-refractivity contribution in [2.75, 3.05) is 5.32 Å². The summed E-state index contributed by atoms with van der Waals surface area (Å²) in [6.45, 7) is 1.99. The maximum atomic E-state index is 12.6. The molecule has 2 aromatic carbocycles. The van der Waals surface area contributed by atoms with E-state index in [0.717, 1.165) is 37.5 Å². The summed E-state index contributed by atoms with van der Waals surface area (Å²) in [5.74, 6) is -0.0724. The highest BCUT2D eigenvalue weighted by Crippen LogP contribution is 2.31. The second-order valence-corrected chi connectivity index (χ2v) is 7.04. The van der Waals surface area contributed by atoms with Gasteiger partial charge in [-0.05, 0) is 47.6 Å². The second-order valence-electron chi connectivity index (χ2n) is 5.37. The molecule has 0 aliphatic rings. The van der Waals surface area contributed by atoms with Crippen LogP contribution in [0.1, 0.15) is 15.2 Å². The highest BCUT2D eigenvalue weighted by atomic mass is 32.1. The Kier molecular flexibility index (Phi) is 3.84. The number of hydrogen-bond acceptors (Lipinski definition) is 5. The van der Waals surface area contributed by atoms with E-state index in [-0.39, 0.29) is 5.91 Å².